The van der Waals surface area contributed by atoms with E-state index in [4.69, 9.17) is 9.47 Å². The number of carbonyl (C=O) groups excluding carboxylic acids is 1. The number of methoxy groups -OCH3 is 2. The number of anilines is 1. The lowest BCUT2D eigenvalue weighted by atomic mass is 10.2. The molecule has 0 radical (unpaired) electrons. The highest BCUT2D eigenvalue weighted by molar-refractivity contribution is 5.91. The highest BCUT2D eigenvalue weighted by atomic mass is 16.5. The molecule has 0 aliphatic heterocycles. The highest BCUT2D eigenvalue weighted by Crippen LogP contribution is 2.28. The number of aromatic nitrogens is 2. The van der Waals surface area contributed by atoms with Crippen LogP contribution in [-0.4, -0.2) is 36.6 Å². The van der Waals surface area contributed by atoms with Gasteiger partial charge in [0.25, 0.3) is 5.56 Å². The Hall–Kier alpha value is -3.03. The number of carbonyl (C=O) groups is 1. The summed E-state index contributed by atoms with van der Waals surface area (Å²) in [5.41, 5.74) is 0.298. The quantitative estimate of drug-likeness (QED) is 0.831. The fourth-order valence-electron chi connectivity index (χ4n) is 1.90. The molecule has 1 heterocycles. The zero-order valence-corrected chi connectivity index (χ0v) is 12.9. The number of benzene rings is 1. The van der Waals surface area contributed by atoms with Gasteiger partial charge in [-0.25, -0.2) is 9.48 Å². The Morgan fingerprint density at radius 2 is 2.09 bits per heavy atom. The van der Waals surface area contributed by atoms with E-state index in [9.17, 15) is 9.59 Å². The van der Waals surface area contributed by atoms with Crippen molar-refractivity contribution in [2.45, 2.75) is 6.54 Å². The van der Waals surface area contributed by atoms with Crippen LogP contribution in [0.25, 0.3) is 0 Å². The molecule has 8 heteroatoms. The SMILES string of the molecule is COc1ccc(NC(=O)NCCn2ncccc2=O)c(OC)c1. The van der Waals surface area contributed by atoms with E-state index in [2.05, 4.69) is 15.7 Å². The van der Waals surface area contributed by atoms with E-state index in [1.165, 1.54) is 24.1 Å². The van der Waals surface area contributed by atoms with E-state index in [-0.39, 0.29) is 18.6 Å². The van der Waals surface area contributed by atoms with Crippen LogP contribution in [0.1, 0.15) is 0 Å². The van der Waals surface area contributed by atoms with Crippen LogP contribution >= 0.6 is 0 Å². The number of nitrogens with zero attached hydrogens (tertiary/aromatic N) is 2. The second-order valence-corrected chi connectivity index (χ2v) is 4.53. The van der Waals surface area contributed by atoms with Gasteiger partial charge in [-0.05, 0) is 18.2 Å². The summed E-state index contributed by atoms with van der Waals surface area (Å²) in [7, 11) is 3.06. The van der Waals surface area contributed by atoms with E-state index in [0.717, 1.165) is 0 Å². The Bertz CT molecular complexity index is 729. The van der Waals surface area contributed by atoms with Crippen molar-refractivity contribution in [1.29, 1.82) is 0 Å². The Morgan fingerprint density at radius 3 is 2.78 bits per heavy atom. The summed E-state index contributed by atoms with van der Waals surface area (Å²) < 4.78 is 11.6. The molecule has 0 aliphatic carbocycles. The van der Waals surface area contributed by atoms with Gasteiger partial charge >= 0.3 is 6.03 Å². The lowest BCUT2D eigenvalue weighted by Gasteiger charge is -2.12. The van der Waals surface area contributed by atoms with Gasteiger partial charge in [-0.15, -0.1) is 0 Å². The molecule has 0 spiro atoms. The second kappa shape index (κ2) is 7.83. The van der Waals surface area contributed by atoms with Gasteiger partial charge in [-0.2, -0.15) is 5.10 Å². The summed E-state index contributed by atoms with van der Waals surface area (Å²) in [6, 6.07) is 7.64. The molecular weight excluding hydrogens is 300 g/mol. The molecule has 1 aromatic heterocycles. The van der Waals surface area contributed by atoms with Crippen molar-refractivity contribution in [2.24, 2.45) is 0 Å². The first kappa shape index (κ1) is 16.3. The lowest BCUT2D eigenvalue weighted by molar-refractivity contribution is 0.251. The minimum absolute atomic E-state index is 0.216. The van der Waals surface area contributed by atoms with Crippen LogP contribution < -0.4 is 25.7 Å². The third-order valence-corrected chi connectivity index (χ3v) is 3.05. The molecule has 1 aromatic carbocycles. The first-order valence-electron chi connectivity index (χ1n) is 6.93. The fraction of sp³-hybridized carbons (Fsp3) is 0.267. The highest BCUT2D eigenvalue weighted by Gasteiger charge is 2.08. The van der Waals surface area contributed by atoms with Crippen LogP contribution in [0.2, 0.25) is 0 Å². The average Bonchev–Trinajstić information content (AvgIpc) is 2.57. The van der Waals surface area contributed by atoms with Crippen molar-refractivity contribution in [2.75, 3.05) is 26.1 Å². The molecule has 2 rings (SSSR count). The molecule has 23 heavy (non-hydrogen) atoms. The maximum atomic E-state index is 11.9. The van der Waals surface area contributed by atoms with E-state index in [0.29, 0.717) is 17.2 Å². The predicted octanol–water partition coefficient (Wildman–Crippen LogP) is 1.08. The molecule has 0 saturated carbocycles. The topological polar surface area (TPSA) is 94.5 Å². The Kier molecular flexibility index (Phi) is 5.56. The predicted molar refractivity (Wildman–Crippen MR) is 85.1 cm³/mol. The number of hydrogen-bond donors (Lipinski definition) is 2. The molecule has 0 saturated heterocycles. The van der Waals surface area contributed by atoms with Crippen LogP contribution in [0, 0.1) is 0 Å². The largest absolute Gasteiger partial charge is 0.497 e. The van der Waals surface area contributed by atoms with Crippen molar-refractivity contribution in [3.63, 3.8) is 0 Å². The normalized spacial score (nSPS) is 10.0. The second-order valence-electron chi connectivity index (χ2n) is 4.53. The maximum absolute atomic E-state index is 11.9. The van der Waals surface area contributed by atoms with Crippen LogP contribution in [0.15, 0.2) is 41.3 Å². The summed E-state index contributed by atoms with van der Waals surface area (Å²) >= 11 is 0. The van der Waals surface area contributed by atoms with E-state index >= 15 is 0 Å². The van der Waals surface area contributed by atoms with Crippen molar-refractivity contribution in [3.05, 3.63) is 46.9 Å². The average molecular weight is 318 g/mol. The molecule has 0 fully saturated rings. The lowest BCUT2D eigenvalue weighted by Crippen LogP contribution is -2.34. The van der Waals surface area contributed by atoms with Crippen LogP contribution in [0.5, 0.6) is 11.5 Å². The summed E-state index contributed by atoms with van der Waals surface area (Å²) in [5, 5.41) is 9.23. The van der Waals surface area contributed by atoms with Crippen molar-refractivity contribution in [3.8, 4) is 11.5 Å². The third-order valence-electron chi connectivity index (χ3n) is 3.05. The smallest absolute Gasteiger partial charge is 0.319 e. The number of urea groups is 1. The number of nitrogens with one attached hydrogen (secondary N) is 2. The van der Waals surface area contributed by atoms with E-state index < -0.39 is 6.03 Å². The molecule has 0 aliphatic rings. The van der Waals surface area contributed by atoms with Gasteiger partial charge in [0, 0.05) is 24.9 Å². The number of rotatable bonds is 6. The summed E-state index contributed by atoms with van der Waals surface area (Å²) in [4.78, 5) is 23.4. The van der Waals surface area contributed by atoms with Gasteiger partial charge < -0.3 is 20.1 Å². The molecule has 122 valence electrons. The standard InChI is InChI=1S/C15H18N4O4/c1-22-11-5-6-12(13(10-11)23-2)18-15(21)16-8-9-19-14(20)4-3-7-17-19/h3-7,10H,8-9H2,1-2H3,(H2,16,18,21). The molecule has 0 atom stereocenters. The van der Waals surface area contributed by atoms with Gasteiger partial charge in [0.1, 0.15) is 11.5 Å². The minimum atomic E-state index is -0.405. The van der Waals surface area contributed by atoms with Gasteiger partial charge in [0.15, 0.2) is 0 Å². The summed E-state index contributed by atoms with van der Waals surface area (Å²) in [6.45, 7) is 0.550. The maximum Gasteiger partial charge on any atom is 0.319 e. The summed E-state index contributed by atoms with van der Waals surface area (Å²) in [6.07, 6.45) is 1.52. The zero-order chi connectivity index (χ0) is 16.7. The van der Waals surface area contributed by atoms with Gasteiger partial charge in [0.05, 0.1) is 26.5 Å². The molecule has 0 unspecified atom stereocenters. The number of amides is 2. The zero-order valence-electron chi connectivity index (χ0n) is 12.9. The minimum Gasteiger partial charge on any atom is -0.497 e. The fourth-order valence-corrected chi connectivity index (χ4v) is 1.90. The molecule has 8 nitrogen and oxygen atoms in total. The first-order valence-corrected chi connectivity index (χ1v) is 6.93. The third kappa shape index (κ3) is 4.47. The molecule has 0 bridgehead atoms. The first-order chi connectivity index (χ1) is 11.1. The van der Waals surface area contributed by atoms with Crippen molar-refractivity contribution >= 4 is 11.7 Å². The number of hydrogen-bond acceptors (Lipinski definition) is 5. The van der Waals surface area contributed by atoms with Crippen molar-refractivity contribution in [1.82, 2.24) is 15.1 Å². The van der Waals surface area contributed by atoms with Crippen molar-refractivity contribution < 1.29 is 14.3 Å². The van der Waals surface area contributed by atoms with Gasteiger partial charge in [-0.1, -0.05) is 0 Å². The summed E-state index contributed by atoms with van der Waals surface area (Å²) in [5.74, 6) is 1.11. The molecule has 2 aromatic rings. The number of ether oxygens (including phenoxy) is 2. The van der Waals surface area contributed by atoms with E-state index in [1.54, 1.807) is 31.4 Å². The van der Waals surface area contributed by atoms with Crippen LogP contribution in [-0.2, 0) is 6.54 Å². The van der Waals surface area contributed by atoms with E-state index in [1.807, 2.05) is 0 Å². The monoisotopic (exact) mass is 318 g/mol. The van der Waals surface area contributed by atoms with Gasteiger partial charge in [-0.3, -0.25) is 4.79 Å². The Morgan fingerprint density at radius 1 is 1.26 bits per heavy atom. The van der Waals surface area contributed by atoms with Gasteiger partial charge in [0.2, 0.25) is 0 Å². The molecular formula is C15H18N4O4. The Labute approximate surface area is 133 Å². The van der Waals surface area contributed by atoms with Crippen LogP contribution in [0.4, 0.5) is 10.5 Å². The molecule has 2 amide bonds. The van der Waals surface area contributed by atoms with Crippen LogP contribution in [0.3, 0.4) is 0 Å². The molecule has 2 N–H and O–H groups in total. The Balaban J connectivity index is 1.90.